The Morgan fingerprint density at radius 3 is 2.83 bits per heavy atom. The predicted octanol–water partition coefficient (Wildman–Crippen LogP) is 5.54. The summed E-state index contributed by atoms with van der Waals surface area (Å²) in [7, 11) is 1.64. The number of rotatable bonds is 12. The molecule has 1 aromatic carbocycles. The minimum Gasteiger partial charge on any atom is -0.497 e. The zero-order valence-electron chi connectivity index (χ0n) is 20.9. The van der Waals surface area contributed by atoms with E-state index >= 15 is 0 Å². The van der Waals surface area contributed by atoms with Crippen molar-refractivity contribution in [1.29, 1.82) is 0 Å². The average molecular weight is 501 g/mol. The van der Waals surface area contributed by atoms with Crippen LogP contribution in [0.15, 0.2) is 30.5 Å². The number of aromatic nitrogens is 1. The molecule has 1 aliphatic heterocycles. The molecule has 2 N–H and O–H groups in total. The number of carboxylic acid groups (broad SMARTS) is 1. The molecular weight excluding hydrogens is 460 g/mol. The topological polar surface area (TPSA) is 82.9 Å². The molecule has 0 bridgehead atoms. The molecule has 192 valence electrons. The number of piperidine rings is 1. The maximum Gasteiger partial charge on any atom is 0.303 e. The lowest BCUT2D eigenvalue weighted by atomic mass is 9.79. The second kappa shape index (κ2) is 12.9. The van der Waals surface area contributed by atoms with Gasteiger partial charge in [-0.05, 0) is 99.0 Å². The van der Waals surface area contributed by atoms with Crippen molar-refractivity contribution in [1.82, 2.24) is 9.88 Å². The summed E-state index contributed by atoms with van der Waals surface area (Å²) in [5.74, 6) is 1.71. The zero-order chi connectivity index (χ0) is 24.6. The molecule has 2 aromatic rings. The Bertz CT molecular complexity index is 965. The van der Waals surface area contributed by atoms with E-state index in [9.17, 15) is 15.0 Å². The molecule has 1 saturated heterocycles. The number of pyridine rings is 1. The standard InChI is InChI=1S/C28H40N2O4S/c1-34-22-8-9-26-25(18-22)24(11-13-29-26)27(31)10-7-20-12-15-30(19-21(20)17-28(32)33)14-4-16-35-23-5-2-3-6-23/h8-9,11,13,18,20-21,23,27,31H,2-7,10,12,14-17,19H2,1H3,(H,32,33)/t20-,21+,27?/m1/s1. The Kier molecular flexibility index (Phi) is 9.69. The fourth-order valence-electron chi connectivity index (χ4n) is 5.88. The summed E-state index contributed by atoms with van der Waals surface area (Å²) in [6.07, 6.45) is 10.5. The van der Waals surface area contributed by atoms with Crippen LogP contribution in [0.3, 0.4) is 0 Å². The van der Waals surface area contributed by atoms with Gasteiger partial charge in [0.1, 0.15) is 5.75 Å². The highest BCUT2D eigenvalue weighted by molar-refractivity contribution is 7.99. The largest absolute Gasteiger partial charge is 0.497 e. The molecule has 2 aliphatic rings. The number of hydrogen-bond donors (Lipinski definition) is 2. The van der Waals surface area contributed by atoms with Gasteiger partial charge >= 0.3 is 5.97 Å². The lowest BCUT2D eigenvalue weighted by molar-refractivity contribution is -0.139. The van der Waals surface area contributed by atoms with Crippen LogP contribution >= 0.6 is 11.8 Å². The summed E-state index contributed by atoms with van der Waals surface area (Å²) in [5.41, 5.74) is 1.70. The normalized spacial score (nSPS) is 22.5. The highest BCUT2D eigenvalue weighted by atomic mass is 32.2. The summed E-state index contributed by atoms with van der Waals surface area (Å²) in [6, 6.07) is 7.60. The van der Waals surface area contributed by atoms with E-state index in [1.165, 1.54) is 37.9 Å². The molecule has 1 saturated carbocycles. The zero-order valence-corrected chi connectivity index (χ0v) is 21.7. The quantitative estimate of drug-likeness (QED) is 0.371. The van der Waals surface area contributed by atoms with E-state index in [4.69, 9.17) is 4.74 Å². The third kappa shape index (κ3) is 7.34. The van der Waals surface area contributed by atoms with Gasteiger partial charge in [-0.1, -0.05) is 12.8 Å². The van der Waals surface area contributed by atoms with Crippen LogP contribution in [0.2, 0.25) is 0 Å². The first-order valence-electron chi connectivity index (χ1n) is 13.2. The number of fused-ring (bicyclic) bond motifs is 1. The van der Waals surface area contributed by atoms with Crippen molar-refractivity contribution in [2.75, 3.05) is 32.5 Å². The van der Waals surface area contributed by atoms with Crippen molar-refractivity contribution in [3.8, 4) is 5.75 Å². The Balaban J connectivity index is 1.30. The summed E-state index contributed by atoms with van der Waals surface area (Å²) >= 11 is 2.14. The van der Waals surface area contributed by atoms with Gasteiger partial charge in [-0.15, -0.1) is 0 Å². The van der Waals surface area contributed by atoms with Crippen molar-refractivity contribution < 1.29 is 19.7 Å². The molecule has 4 rings (SSSR count). The molecule has 3 atom stereocenters. The molecule has 0 amide bonds. The molecule has 6 nitrogen and oxygen atoms in total. The first-order chi connectivity index (χ1) is 17.0. The third-order valence-corrected chi connectivity index (χ3v) is 9.31. The number of aliphatic hydroxyl groups is 1. The highest BCUT2D eigenvalue weighted by Crippen LogP contribution is 2.35. The lowest BCUT2D eigenvalue weighted by Crippen LogP contribution is -2.42. The van der Waals surface area contributed by atoms with E-state index < -0.39 is 12.1 Å². The monoisotopic (exact) mass is 500 g/mol. The number of hydrogen-bond acceptors (Lipinski definition) is 6. The van der Waals surface area contributed by atoms with Gasteiger partial charge in [0.05, 0.1) is 18.7 Å². The summed E-state index contributed by atoms with van der Waals surface area (Å²) in [5, 5.41) is 22.4. The van der Waals surface area contributed by atoms with E-state index in [2.05, 4.69) is 21.6 Å². The molecule has 35 heavy (non-hydrogen) atoms. The molecule has 7 heteroatoms. The summed E-state index contributed by atoms with van der Waals surface area (Å²) < 4.78 is 5.36. The highest BCUT2D eigenvalue weighted by Gasteiger charge is 2.31. The second-order valence-electron chi connectivity index (χ2n) is 10.2. The van der Waals surface area contributed by atoms with E-state index in [1.807, 2.05) is 24.3 Å². The number of carbonyl (C=O) groups is 1. The molecular formula is C28H40N2O4S. The minimum absolute atomic E-state index is 0.144. The van der Waals surface area contributed by atoms with Crippen molar-refractivity contribution in [3.63, 3.8) is 0 Å². The molecule has 1 aliphatic carbocycles. The molecule has 1 unspecified atom stereocenters. The number of benzene rings is 1. The van der Waals surface area contributed by atoms with Crippen LogP contribution < -0.4 is 4.74 Å². The molecule has 2 fully saturated rings. The van der Waals surface area contributed by atoms with Gasteiger partial charge in [0.2, 0.25) is 0 Å². The Hall–Kier alpha value is -1.83. The number of thioether (sulfide) groups is 1. The van der Waals surface area contributed by atoms with Gasteiger partial charge in [-0.3, -0.25) is 9.78 Å². The fourth-order valence-corrected chi connectivity index (χ4v) is 7.18. The van der Waals surface area contributed by atoms with Gasteiger partial charge in [0.15, 0.2) is 0 Å². The number of aliphatic hydroxyl groups excluding tert-OH is 1. The van der Waals surface area contributed by atoms with E-state index in [0.29, 0.717) is 12.3 Å². The predicted molar refractivity (Wildman–Crippen MR) is 142 cm³/mol. The van der Waals surface area contributed by atoms with Crippen molar-refractivity contribution in [2.45, 2.75) is 69.1 Å². The van der Waals surface area contributed by atoms with E-state index in [1.54, 1.807) is 13.3 Å². The maximum atomic E-state index is 11.6. The van der Waals surface area contributed by atoms with Crippen LogP contribution in [0.5, 0.6) is 5.75 Å². The number of nitrogens with zero attached hydrogens (tertiary/aromatic N) is 2. The van der Waals surface area contributed by atoms with Crippen LogP contribution in [0.4, 0.5) is 0 Å². The first-order valence-corrected chi connectivity index (χ1v) is 14.2. The lowest BCUT2D eigenvalue weighted by Gasteiger charge is -2.38. The Morgan fingerprint density at radius 1 is 1.23 bits per heavy atom. The van der Waals surface area contributed by atoms with Gasteiger partial charge in [0.25, 0.3) is 0 Å². The van der Waals surface area contributed by atoms with Crippen molar-refractivity contribution in [2.24, 2.45) is 11.8 Å². The third-order valence-electron chi connectivity index (χ3n) is 7.84. The number of ether oxygens (including phenoxy) is 1. The summed E-state index contributed by atoms with van der Waals surface area (Å²) in [6.45, 7) is 2.95. The smallest absolute Gasteiger partial charge is 0.303 e. The van der Waals surface area contributed by atoms with Gasteiger partial charge in [-0.25, -0.2) is 0 Å². The molecule has 2 heterocycles. The van der Waals surface area contributed by atoms with Gasteiger partial charge < -0.3 is 19.8 Å². The maximum absolute atomic E-state index is 11.6. The van der Waals surface area contributed by atoms with Crippen LogP contribution in [0.1, 0.15) is 69.5 Å². The number of methoxy groups -OCH3 is 1. The van der Waals surface area contributed by atoms with Gasteiger partial charge in [0, 0.05) is 29.8 Å². The Labute approximate surface area is 213 Å². The fraction of sp³-hybridized carbons (Fsp3) is 0.643. The van der Waals surface area contributed by atoms with Crippen molar-refractivity contribution >= 4 is 28.6 Å². The SMILES string of the molecule is COc1ccc2nccc(C(O)CC[C@@H]3CCN(CCCSC4CCCC4)C[C@@H]3CC(=O)O)c2c1. The van der Waals surface area contributed by atoms with Crippen molar-refractivity contribution in [3.05, 3.63) is 36.0 Å². The van der Waals surface area contributed by atoms with Crippen LogP contribution in [0, 0.1) is 11.8 Å². The van der Waals surface area contributed by atoms with Gasteiger partial charge in [-0.2, -0.15) is 11.8 Å². The number of aliphatic carboxylic acids is 1. The van der Waals surface area contributed by atoms with Crippen LogP contribution in [-0.4, -0.2) is 63.8 Å². The Morgan fingerprint density at radius 2 is 2.06 bits per heavy atom. The minimum atomic E-state index is -0.716. The van der Waals surface area contributed by atoms with Crippen LogP contribution in [0.25, 0.3) is 10.9 Å². The summed E-state index contributed by atoms with van der Waals surface area (Å²) in [4.78, 5) is 18.5. The molecule has 0 spiro atoms. The molecule has 0 radical (unpaired) electrons. The number of carboxylic acids is 1. The average Bonchev–Trinajstić information content (AvgIpc) is 3.38. The molecule has 1 aromatic heterocycles. The second-order valence-corrected chi connectivity index (χ2v) is 11.6. The first kappa shape index (κ1) is 26.2. The number of likely N-dealkylation sites (tertiary alicyclic amines) is 1. The van der Waals surface area contributed by atoms with E-state index in [0.717, 1.165) is 59.9 Å². The van der Waals surface area contributed by atoms with Crippen LogP contribution in [-0.2, 0) is 4.79 Å². The van der Waals surface area contributed by atoms with E-state index in [-0.39, 0.29) is 12.3 Å².